The summed E-state index contributed by atoms with van der Waals surface area (Å²) in [6, 6.07) is 5.73. The first-order valence-electron chi connectivity index (χ1n) is 12.2. The van der Waals surface area contributed by atoms with Crippen LogP contribution in [0.1, 0.15) is 69.8 Å². The summed E-state index contributed by atoms with van der Waals surface area (Å²) in [7, 11) is 3.24. The highest BCUT2D eigenvalue weighted by molar-refractivity contribution is 6.05. The summed E-state index contributed by atoms with van der Waals surface area (Å²) < 4.78 is 13.2. The van der Waals surface area contributed by atoms with Crippen molar-refractivity contribution in [2.75, 3.05) is 20.8 Å². The lowest BCUT2D eigenvalue weighted by molar-refractivity contribution is -0.134. The van der Waals surface area contributed by atoms with Crippen LogP contribution in [0.15, 0.2) is 18.2 Å². The van der Waals surface area contributed by atoms with Crippen LogP contribution in [0.25, 0.3) is 10.9 Å². The molecule has 1 saturated carbocycles. The molecule has 1 N–H and O–H groups in total. The molecule has 7 nitrogen and oxygen atoms in total. The number of carbonyl (C=O) groups excluding carboxylic acids is 2. The Morgan fingerprint density at radius 3 is 2.55 bits per heavy atom. The standard InChI is InChI=1S/C26H37N3O4/c1-6-7-14-29-24(30)20-15-18-21(32-4)12-13-22(33-5)23(18)28(20)16-26(29,3)25(31)27-19-11-9-8-10-17(19)2/h12-13,15,17,19H,6-11,14,16H2,1-5H3,(H,27,31)/t17-,19-,26+/m0/s1. The molecule has 0 saturated heterocycles. The van der Waals surface area contributed by atoms with E-state index in [1.165, 1.54) is 6.42 Å². The second-order valence-electron chi connectivity index (χ2n) is 9.77. The number of hydrogen-bond acceptors (Lipinski definition) is 4. The van der Waals surface area contributed by atoms with Gasteiger partial charge in [-0.1, -0.05) is 33.1 Å². The van der Waals surface area contributed by atoms with Gasteiger partial charge in [-0.2, -0.15) is 0 Å². The lowest BCUT2D eigenvalue weighted by atomic mass is 9.85. The summed E-state index contributed by atoms with van der Waals surface area (Å²) in [5, 5.41) is 4.15. The molecule has 1 aliphatic carbocycles. The normalized spacial score (nSPS) is 25.1. The molecule has 2 aromatic rings. The fourth-order valence-corrected chi connectivity index (χ4v) is 5.48. The van der Waals surface area contributed by atoms with Crippen LogP contribution in [-0.2, 0) is 11.3 Å². The van der Waals surface area contributed by atoms with E-state index in [1.807, 2.05) is 29.7 Å². The number of fused-ring (bicyclic) bond motifs is 3. The Balaban J connectivity index is 1.79. The van der Waals surface area contributed by atoms with E-state index in [4.69, 9.17) is 9.47 Å². The van der Waals surface area contributed by atoms with Crippen LogP contribution >= 0.6 is 0 Å². The minimum absolute atomic E-state index is 0.0694. The number of methoxy groups -OCH3 is 2. The highest BCUT2D eigenvalue weighted by Crippen LogP contribution is 2.40. The molecule has 0 spiro atoms. The molecule has 2 amide bonds. The molecule has 1 aliphatic heterocycles. The van der Waals surface area contributed by atoms with E-state index in [9.17, 15) is 9.59 Å². The van der Waals surface area contributed by atoms with Crippen molar-refractivity contribution >= 4 is 22.7 Å². The SMILES string of the molecule is CCCCN1C(=O)c2cc3c(OC)ccc(OC)c3n2C[C@]1(C)C(=O)N[C@H]1CCCC[C@@H]1C. The molecular formula is C26H37N3O4. The van der Waals surface area contributed by atoms with Gasteiger partial charge in [0.15, 0.2) is 0 Å². The van der Waals surface area contributed by atoms with Crippen molar-refractivity contribution in [2.24, 2.45) is 5.92 Å². The van der Waals surface area contributed by atoms with Crippen LogP contribution in [-0.4, -0.2) is 53.6 Å². The van der Waals surface area contributed by atoms with Crippen LogP contribution in [0, 0.1) is 5.92 Å². The molecule has 1 fully saturated rings. The topological polar surface area (TPSA) is 72.8 Å². The van der Waals surface area contributed by atoms with Crippen molar-refractivity contribution in [1.82, 2.24) is 14.8 Å². The minimum atomic E-state index is -0.990. The number of aromatic nitrogens is 1. The molecule has 3 atom stereocenters. The zero-order chi connectivity index (χ0) is 23.8. The van der Waals surface area contributed by atoms with Crippen molar-refractivity contribution in [3.05, 3.63) is 23.9 Å². The summed E-state index contributed by atoms with van der Waals surface area (Å²) in [4.78, 5) is 29.4. The maximum atomic E-state index is 13.8. The number of unbranched alkanes of at least 4 members (excludes halogenated alkanes) is 1. The zero-order valence-electron chi connectivity index (χ0n) is 20.6. The molecule has 1 aromatic heterocycles. The van der Waals surface area contributed by atoms with Gasteiger partial charge in [0.25, 0.3) is 5.91 Å². The van der Waals surface area contributed by atoms with Crippen LogP contribution in [0.5, 0.6) is 11.5 Å². The fraction of sp³-hybridized carbons (Fsp3) is 0.615. The van der Waals surface area contributed by atoms with E-state index in [2.05, 4.69) is 19.2 Å². The van der Waals surface area contributed by atoms with Gasteiger partial charge < -0.3 is 24.3 Å². The Hall–Kier alpha value is -2.70. The number of nitrogens with zero attached hydrogens (tertiary/aromatic N) is 2. The van der Waals surface area contributed by atoms with Crippen molar-refractivity contribution in [1.29, 1.82) is 0 Å². The Morgan fingerprint density at radius 1 is 1.18 bits per heavy atom. The monoisotopic (exact) mass is 455 g/mol. The first kappa shape index (κ1) is 23.5. The predicted octanol–water partition coefficient (Wildman–Crippen LogP) is 4.37. The Labute approximate surface area is 196 Å². The highest BCUT2D eigenvalue weighted by Gasteiger charge is 2.48. The third kappa shape index (κ3) is 3.96. The summed E-state index contributed by atoms with van der Waals surface area (Å²) >= 11 is 0. The highest BCUT2D eigenvalue weighted by atomic mass is 16.5. The van der Waals surface area contributed by atoms with Gasteiger partial charge >= 0.3 is 0 Å². The van der Waals surface area contributed by atoms with Gasteiger partial charge in [-0.05, 0) is 50.3 Å². The average molecular weight is 456 g/mol. The van der Waals surface area contributed by atoms with Gasteiger partial charge in [0.1, 0.15) is 22.7 Å². The second kappa shape index (κ2) is 9.27. The molecule has 0 radical (unpaired) electrons. The van der Waals surface area contributed by atoms with E-state index in [-0.39, 0.29) is 17.9 Å². The van der Waals surface area contributed by atoms with Crippen molar-refractivity contribution < 1.29 is 19.1 Å². The summed E-state index contributed by atoms with van der Waals surface area (Å²) in [6.45, 7) is 7.14. The maximum absolute atomic E-state index is 13.8. The van der Waals surface area contributed by atoms with Crippen LogP contribution < -0.4 is 14.8 Å². The Kier molecular flexibility index (Phi) is 6.59. The molecule has 7 heteroatoms. The van der Waals surface area contributed by atoms with Crippen molar-refractivity contribution in [3.63, 3.8) is 0 Å². The second-order valence-corrected chi connectivity index (χ2v) is 9.77. The van der Waals surface area contributed by atoms with Crippen molar-refractivity contribution in [3.8, 4) is 11.5 Å². The molecule has 1 aromatic carbocycles. The number of hydrogen-bond donors (Lipinski definition) is 1. The quantitative estimate of drug-likeness (QED) is 0.673. The van der Waals surface area contributed by atoms with Gasteiger partial charge in [-0.15, -0.1) is 0 Å². The van der Waals surface area contributed by atoms with E-state index in [0.29, 0.717) is 36.2 Å². The number of amides is 2. The number of carbonyl (C=O) groups is 2. The number of nitrogens with one attached hydrogen (secondary N) is 1. The third-order valence-corrected chi connectivity index (χ3v) is 7.60. The van der Waals surface area contributed by atoms with Crippen LogP contribution in [0.3, 0.4) is 0 Å². The molecule has 0 unspecified atom stereocenters. The first-order chi connectivity index (χ1) is 15.8. The van der Waals surface area contributed by atoms with E-state index < -0.39 is 5.54 Å². The number of ether oxygens (including phenoxy) is 2. The van der Waals surface area contributed by atoms with Crippen LogP contribution in [0.2, 0.25) is 0 Å². The lowest BCUT2D eigenvalue weighted by Crippen LogP contribution is -2.65. The van der Waals surface area contributed by atoms with E-state index >= 15 is 0 Å². The first-order valence-corrected chi connectivity index (χ1v) is 12.2. The third-order valence-electron chi connectivity index (χ3n) is 7.60. The van der Waals surface area contributed by atoms with Crippen molar-refractivity contribution in [2.45, 2.75) is 77.4 Å². The largest absolute Gasteiger partial charge is 0.496 e. The molecule has 4 rings (SSSR count). The minimum Gasteiger partial charge on any atom is -0.496 e. The molecule has 2 aliphatic rings. The predicted molar refractivity (Wildman–Crippen MR) is 129 cm³/mol. The Morgan fingerprint density at radius 2 is 1.88 bits per heavy atom. The average Bonchev–Trinajstić information content (AvgIpc) is 3.19. The van der Waals surface area contributed by atoms with Gasteiger partial charge in [-0.25, -0.2) is 0 Å². The fourth-order valence-electron chi connectivity index (χ4n) is 5.48. The molecule has 0 bridgehead atoms. The number of rotatable bonds is 7. The number of benzene rings is 1. The molecule has 33 heavy (non-hydrogen) atoms. The van der Waals surface area contributed by atoms with Gasteiger partial charge in [0.05, 0.1) is 26.3 Å². The molecular weight excluding hydrogens is 418 g/mol. The van der Waals surface area contributed by atoms with E-state index in [1.54, 1.807) is 19.1 Å². The summed E-state index contributed by atoms with van der Waals surface area (Å²) in [5.74, 6) is 1.60. The zero-order valence-corrected chi connectivity index (χ0v) is 20.6. The van der Waals surface area contributed by atoms with E-state index in [0.717, 1.165) is 43.0 Å². The summed E-state index contributed by atoms with van der Waals surface area (Å²) in [6.07, 6.45) is 6.27. The van der Waals surface area contributed by atoms with Gasteiger partial charge in [0.2, 0.25) is 5.91 Å². The van der Waals surface area contributed by atoms with Gasteiger partial charge in [0, 0.05) is 18.0 Å². The molecule has 180 valence electrons. The van der Waals surface area contributed by atoms with Gasteiger partial charge in [-0.3, -0.25) is 9.59 Å². The smallest absolute Gasteiger partial charge is 0.271 e. The van der Waals surface area contributed by atoms with Crippen LogP contribution in [0.4, 0.5) is 0 Å². The maximum Gasteiger partial charge on any atom is 0.271 e. The Bertz CT molecular complexity index is 1050. The summed E-state index contributed by atoms with van der Waals surface area (Å²) in [5.41, 5.74) is 0.372. The molecule has 2 heterocycles. The lowest BCUT2D eigenvalue weighted by Gasteiger charge is -2.45.